The molecule has 4 aromatic rings. The summed E-state index contributed by atoms with van der Waals surface area (Å²) in [5, 5.41) is 16.4. The van der Waals surface area contributed by atoms with E-state index >= 15 is 0 Å². The number of ether oxygens (including phenoxy) is 1. The van der Waals surface area contributed by atoms with Crippen LogP contribution in [0.4, 0.5) is 0 Å². The third-order valence-electron chi connectivity index (χ3n) is 4.68. The second-order valence-corrected chi connectivity index (χ2v) is 7.89. The predicted molar refractivity (Wildman–Crippen MR) is 120 cm³/mol. The van der Waals surface area contributed by atoms with Crippen LogP contribution in [0.1, 0.15) is 23.7 Å². The van der Waals surface area contributed by atoms with Crippen molar-refractivity contribution in [2.45, 2.75) is 24.5 Å². The summed E-state index contributed by atoms with van der Waals surface area (Å²) >= 11 is 1.43. The number of hydrogen-bond donors (Lipinski definition) is 1. The van der Waals surface area contributed by atoms with Crippen molar-refractivity contribution in [3.8, 4) is 11.4 Å². The van der Waals surface area contributed by atoms with E-state index in [4.69, 9.17) is 4.74 Å². The summed E-state index contributed by atoms with van der Waals surface area (Å²) < 4.78 is 7.42. The molecule has 4 rings (SSSR count). The highest BCUT2D eigenvalue weighted by atomic mass is 32.2. The molecule has 0 saturated carbocycles. The monoisotopic (exact) mass is 434 g/mol. The van der Waals surface area contributed by atoms with Gasteiger partial charge in [-0.2, -0.15) is 5.10 Å². The van der Waals surface area contributed by atoms with Crippen molar-refractivity contribution in [3.05, 3.63) is 72.7 Å². The Balaban J connectivity index is 1.37. The number of aromatic nitrogens is 4. The molecule has 31 heavy (non-hydrogen) atoms. The fourth-order valence-electron chi connectivity index (χ4n) is 3.05. The van der Waals surface area contributed by atoms with Crippen LogP contribution >= 0.6 is 11.8 Å². The van der Waals surface area contributed by atoms with Gasteiger partial charge in [-0.15, -0.1) is 11.8 Å². The van der Waals surface area contributed by atoms with E-state index < -0.39 is 6.10 Å². The quantitative estimate of drug-likeness (QED) is 0.242. The van der Waals surface area contributed by atoms with Crippen LogP contribution in [-0.4, -0.2) is 49.1 Å². The van der Waals surface area contributed by atoms with E-state index in [1.165, 1.54) is 18.1 Å². The number of carbonyl (C=O) groups is 1. The average Bonchev–Trinajstić information content (AvgIpc) is 3.26. The molecule has 8 heteroatoms. The van der Waals surface area contributed by atoms with Gasteiger partial charge >= 0.3 is 0 Å². The highest BCUT2D eigenvalue weighted by Gasteiger charge is 2.14. The second-order valence-electron chi connectivity index (χ2n) is 6.88. The van der Waals surface area contributed by atoms with Crippen LogP contribution in [0.15, 0.2) is 72.1 Å². The number of aliphatic hydroxyl groups is 1. The molecule has 0 aliphatic carbocycles. The number of thioether (sulfide) groups is 1. The average molecular weight is 435 g/mol. The third kappa shape index (κ3) is 4.92. The molecule has 158 valence electrons. The van der Waals surface area contributed by atoms with E-state index in [1.807, 2.05) is 37.3 Å². The smallest absolute Gasteiger partial charge is 0.167 e. The second kappa shape index (κ2) is 9.72. The lowest BCUT2D eigenvalue weighted by molar-refractivity contribution is 0.0987. The first kappa shape index (κ1) is 21.0. The van der Waals surface area contributed by atoms with Crippen molar-refractivity contribution in [2.24, 2.45) is 0 Å². The highest BCUT2D eigenvalue weighted by Crippen LogP contribution is 2.26. The number of Topliss-reactive ketones (excluding diaryl/α,β-unsaturated/α-hetero) is 1. The topological polar surface area (TPSA) is 90.1 Å². The van der Waals surface area contributed by atoms with Crippen molar-refractivity contribution in [2.75, 3.05) is 12.4 Å². The highest BCUT2D eigenvalue weighted by molar-refractivity contribution is 7.99. The van der Waals surface area contributed by atoms with E-state index in [2.05, 4.69) is 15.1 Å². The lowest BCUT2D eigenvalue weighted by atomic mass is 10.1. The number of hydrogen-bond acceptors (Lipinski definition) is 7. The fraction of sp³-hybridized carbons (Fsp3) is 0.217. The van der Waals surface area contributed by atoms with Gasteiger partial charge in [0, 0.05) is 17.7 Å². The molecule has 0 aliphatic rings. The Morgan fingerprint density at radius 2 is 1.90 bits per heavy atom. The number of fused-ring (bicyclic) bond motifs is 1. The van der Waals surface area contributed by atoms with Crippen LogP contribution in [0.3, 0.4) is 0 Å². The van der Waals surface area contributed by atoms with Gasteiger partial charge in [0.2, 0.25) is 0 Å². The van der Waals surface area contributed by atoms with E-state index in [1.54, 1.807) is 35.1 Å². The summed E-state index contributed by atoms with van der Waals surface area (Å²) in [6, 6.07) is 16.8. The number of nitrogens with zero attached hydrogens (tertiary/aromatic N) is 4. The molecule has 1 N–H and O–H groups in total. The van der Waals surface area contributed by atoms with Crippen molar-refractivity contribution >= 4 is 28.6 Å². The Hall–Kier alpha value is -3.23. The van der Waals surface area contributed by atoms with Gasteiger partial charge in [-0.05, 0) is 36.4 Å². The molecule has 0 radical (unpaired) electrons. The van der Waals surface area contributed by atoms with Gasteiger partial charge in [0.15, 0.2) is 11.4 Å². The maximum absolute atomic E-state index is 11.7. The van der Waals surface area contributed by atoms with Crippen molar-refractivity contribution < 1.29 is 14.6 Å². The normalized spacial score (nSPS) is 12.1. The van der Waals surface area contributed by atoms with Gasteiger partial charge < -0.3 is 9.84 Å². The van der Waals surface area contributed by atoms with Gasteiger partial charge in [-0.25, -0.2) is 14.6 Å². The van der Waals surface area contributed by atoms with E-state index in [0.29, 0.717) is 23.5 Å². The summed E-state index contributed by atoms with van der Waals surface area (Å²) in [5.41, 5.74) is 2.30. The molecule has 0 amide bonds. The van der Waals surface area contributed by atoms with Crippen LogP contribution in [0.5, 0.6) is 5.75 Å². The minimum absolute atomic E-state index is 0.0923. The Bertz CT molecular complexity index is 1160. The Labute approximate surface area is 184 Å². The number of carbonyl (C=O) groups excluding carboxylic acids is 1. The molecule has 7 nitrogen and oxygen atoms in total. The summed E-state index contributed by atoms with van der Waals surface area (Å²) in [5.74, 6) is 1.12. The largest absolute Gasteiger partial charge is 0.491 e. The van der Waals surface area contributed by atoms with Gasteiger partial charge in [0.25, 0.3) is 0 Å². The first-order chi connectivity index (χ1) is 15.2. The molecule has 0 fully saturated rings. The van der Waals surface area contributed by atoms with E-state index in [9.17, 15) is 9.90 Å². The van der Waals surface area contributed by atoms with Crippen molar-refractivity contribution in [3.63, 3.8) is 0 Å². The van der Waals surface area contributed by atoms with Crippen LogP contribution in [0.25, 0.3) is 16.7 Å². The SMILES string of the molecule is CCC(=O)c1ccc(OCC(O)CSc2ncnc3c2cnn3-c2ccccc2)cc1. The first-order valence-corrected chi connectivity index (χ1v) is 11.0. The van der Waals surface area contributed by atoms with E-state index in [0.717, 1.165) is 21.7 Å². The van der Waals surface area contributed by atoms with Crippen LogP contribution < -0.4 is 4.74 Å². The van der Waals surface area contributed by atoms with Crippen LogP contribution in [0.2, 0.25) is 0 Å². The molecule has 1 atom stereocenters. The van der Waals surface area contributed by atoms with Crippen LogP contribution in [-0.2, 0) is 0 Å². The minimum Gasteiger partial charge on any atom is -0.491 e. The van der Waals surface area contributed by atoms with Gasteiger partial charge in [0.05, 0.1) is 23.4 Å². The zero-order chi connectivity index (χ0) is 21.6. The number of ketones is 1. The molecule has 0 aliphatic heterocycles. The van der Waals surface area contributed by atoms with Crippen molar-refractivity contribution in [1.29, 1.82) is 0 Å². The molecule has 0 saturated heterocycles. The zero-order valence-electron chi connectivity index (χ0n) is 17.0. The van der Waals surface area contributed by atoms with Gasteiger partial charge in [0.1, 0.15) is 23.7 Å². The molecule has 0 spiro atoms. The molecule has 2 aromatic carbocycles. The Morgan fingerprint density at radius 3 is 2.65 bits per heavy atom. The van der Waals surface area contributed by atoms with Gasteiger partial charge in [-0.1, -0.05) is 25.1 Å². The molecular formula is C23H22N4O3S. The number of rotatable bonds is 9. The molecular weight excluding hydrogens is 412 g/mol. The fourth-order valence-corrected chi connectivity index (χ4v) is 3.92. The van der Waals surface area contributed by atoms with Crippen molar-refractivity contribution in [1.82, 2.24) is 19.7 Å². The number of para-hydroxylation sites is 1. The summed E-state index contributed by atoms with van der Waals surface area (Å²) in [6.45, 7) is 1.98. The molecule has 2 heterocycles. The Kier molecular flexibility index (Phi) is 6.59. The zero-order valence-corrected chi connectivity index (χ0v) is 17.8. The lowest BCUT2D eigenvalue weighted by Gasteiger charge is -2.12. The minimum atomic E-state index is -0.684. The number of benzene rings is 2. The maximum atomic E-state index is 11.7. The summed E-state index contributed by atoms with van der Waals surface area (Å²) in [7, 11) is 0. The molecule has 1 unspecified atom stereocenters. The predicted octanol–water partition coefficient (Wildman–Crippen LogP) is 3.94. The standard InChI is InChI=1S/C23H22N4O3S/c1-2-21(29)16-8-10-19(11-9-16)30-13-18(28)14-31-23-20-12-26-27(22(20)24-15-25-23)17-6-4-3-5-7-17/h3-12,15,18,28H,2,13-14H2,1H3. The summed E-state index contributed by atoms with van der Waals surface area (Å²) in [6.07, 6.45) is 3.04. The molecule has 0 bridgehead atoms. The Morgan fingerprint density at radius 1 is 1.13 bits per heavy atom. The maximum Gasteiger partial charge on any atom is 0.167 e. The number of aliphatic hydroxyl groups excluding tert-OH is 1. The first-order valence-electron chi connectivity index (χ1n) is 9.96. The third-order valence-corrected chi connectivity index (χ3v) is 5.83. The lowest BCUT2D eigenvalue weighted by Crippen LogP contribution is -2.20. The summed E-state index contributed by atoms with van der Waals surface area (Å²) in [4.78, 5) is 20.4. The van der Waals surface area contributed by atoms with E-state index in [-0.39, 0.29) is 12.4 Å². The molecule has 2 aromatic heterocycles. The van der Waals surface area contributed by atoms with Gasteiger partial charge in [-0.3, -0.25) is 4.79 Å². The van der Waals surface area contributed by atoms with Crippen LogP contribution in [0, 0.1) is 0 Å².